The van der Waals surface area contributed by atoms with E-state index in [1.54, 1.807) is 7.11 Å². The average molecular weight is 188 g/mol. The molecule has 78 valence electrons. The van der Waals surface area contributed by atoms with Gasteiger partial charge in [-0.15, -0.1) is 0 Å². The molecule has 0 aliphatic carbocycles. The second-order valence-corrected chi connectivity index (χ2v) is 2.71. The highest BCUT2D eigenvalue weighted by molar-refractivity contribution is 5.79. The zero-order chi connectivity index (χ0) is 10.1. The minimum atomic E-state index is 0.721. The lowest BCUT2D eigenvalue weighted by Gasteiger charge is -2.19. The molecular weight excluding hydrogens is 168 g/mol. The summed E-state index contributed by atoms with van der Waals surface area (Å²) >= 11 is 0. The molecule has 13 heavy (non-hydrogen) atoms. The number of nitrogens with two attached hydrogens (primary N) is 1. The van der Waals surface area contributed by atoms with Crippen LogP contribution < -0.4 is 11.3 Å². The van der Waals surface area contributed by atoms with Crippen LogP contribution in [0.25, 0.3) is 0 Å². The molecule has 0 aromatic carbocycles. The number of rotatable bonds is 5. The summed E-state index contributed by atoms with van der Waals surface area (Å²) in [4.78, 5) is 6.16. The van der Waals surface area contributed by atoms with Crippen LogP contribution in [-0.4, -0.2) is 44.7 Å². The number of aliphatic imine (C=N–C) groups is 1. The van der Waals surface area contributed by atoms with Gasteiger partial charge in [-0.3, -0.25) is 10.4 Å². The molecule has 5 nitrogen and oxygen atoms in total. The van der Waals surface area contributed by atoms with Gasteiger partial charge < -0.3 is 9.64 Å². The van der Waals surface area contributed by atoms with Gasteiger partial charge in [0.05, 0.1) is 0 Å². The average Bonchev–Trinajstić information content (AvgIpc) is 2.14. The summed E-state index contributed by atoms with van der Waals surface area (Å²) < 4.78 is 4.95. The molecule has 0 atom stereocenters. The van der Waals surface area contributed by atoms with Gasteiger partial charge in [0.25, 0.3) is 0 Å². The van der Waals surface area contributed by atoms with Gasteiger partial charge in [0.15, 0.2) is 0 Å². The van der Waals surface area contributed by atoms with E-state index in [1.807, 2.05) is 18.9 Å². The Hall–Kier alpha value is -0.810. The van der Waals surface area contributed by atoms with Gasteiger partial charge >= 0.3 is 0 Å². The van der Waals surface area contributed by atoms with Gasteiger partial charge in [-0.1, -0.05) is 0 Å². The van der Waals surface area contributed by atoms with E-state index in [0.717, 1.165) is 32.1 Å². The molecule has 0 aromatic rings. The van der Waals surface area contributed by atoms with Crippen molar-refractivity contribution in [2.24, 2.45) is 10.8 Å². The van der Waals surface area contributed by atoms with Crippen molar-refractivity contribution in [3.63, 3.8) is 0 Å². The molecule has 5 heteroatoms. The Balaban J connectivity index is 3.77. The number of nitrogens with zero attached hydrogens (tertiary/aromatic N) is 2. The molecule has 0 saturated carbocycles. The highest BCUT2D eigenvalue weighted by Gasteiger charge is 2.02. The van der Waals surface area contributed by atoms with Gasteiger partial charge in [0.2, 0.25) is 5.96 Å². The largest absolute Gasteiger partial charge is 0.385 e. The number of methoxy groups -OCH3 is 1. The first-order valence-electron chi connectivity index (χ1n) is 4.47. The molecule has 0 unspecified atom stereocenters. The zero-order valence-electron chi connectivity index (χ0n) is 8.71. The van der Waals surface area contributed by atoms with Gasteiger partial charge in [-0.05, 0) is 13.3 Å². The number of guanidine groups is 1. The summed E-state index contributed by atoms with van der Waals surface area (Å²) in [6.45, 7) is 4.35. The van der Waals surface area contributed by atoms with Crippen LogP contribution in [0.2, 0.25) is 0 Å². The fourth-order valence-electron chi connectivity index (χ4n) is 0.978. The van der Waals surface area contributed by atoms with Crippen molar-refractivity contribution in [2.45, 2.75) is 13.3 Å². The highest BCUT2D eigenvalue weighted by Crippen LogP contribution is 1.89. The molecule has 0 rings (SSSR count). The van der Waals surface area contributed by atoms with Crippen LogP contribution in [0.5, 0.6) is 0 Å². The summed E-state index contributed by atoms with van der Waals surface area (Å²) in [6.07, 6.45) is 0.970. The first-order chi connectivity index (χ1) is 6.26. The monoisotopic (exact) mass is 188 g/mol. The number of hydrogen-bond acceptors (Lipinski definition) is 3. The van der Waals surface area contributed by atoms with Crippen LogP contribution in [0.15, 0.2) is 4.99 Å². The molecule has 3 N–H and O–H groups in total. The Kier molecular flexibility index (Phi) is 7.33. The van der Waals surface area contributed by atoms with Crippen molar-refractivity contribution in [1.82, 2.24) is 10.3 Å². The topological polar surface area (TPSA) is 62.9 Å². The van der Waals surface area contributed by atoms with E-state index >= 15 is 0 Å². The SMILES string of the molecule is CCN=C(NN)N(C)CCCOC. The fourth-order valence-corrected chi connectivity index (χ4v) is 0.978. The van der Waals surface area contributed by atoms with Crippen LogP contribution in [0, 0.1) is 0 Å². The van der Waals surface area contributed by atoms with Crippen LogP contribution in [0.3, 0.4) is 0 Å². The first kappa shape index (κ1) is 12.2. The van der Waals surface area contributed by atoms with Crippen molar-refractivity contribution in [3.8, 4) is 0 Å². The molecule has 0 aromatic heterocycles. The van der Waals surface area contributed by atoms with Gasteiger partial charge in [-0.2, -0.15) is 0 Å². The number of hydrogen-bond donors (Lipinski definition) is 2. The van der Waals surface area contributed by atoms with E-state index < -0.39 is 0 Å². The number of nitrogens with one attached hydrogen (secondary N) is 1. The van der Waals surface area contributed by atoms with Crippen molar-refractivity contribution in [3.05, 3.63) is 0 Å². The van der Waals surface area contributed by atoms with Gasteiger partial charge in [0, 0.05) is 33.9 Å². The van der Waals surface area contributed by atoms with Crippen molar-refractivity contribution < 1.29 is 4.74 Å². The molecule has 0 amide bonds. The normalized spacial score (nSPS) is 11.5. The van der Waals surface area contributed by atoms with Crippen LogP contribution in [0.1, 0.15) is 13.3 Å². The zero-order valence-corrected chi connectivity index (χ0v) is 8.71. The van der Waals surface area contributed by atoms with E-state index in [2.05, 4.69) is 10.4 Å². The molecule has 0 aliphatic heterocycles. The van der Waals surface area contributed by atoms with Gasteiger partial charge in [-0.25, -0.2) is 5.84 Å². The molecule has 0 heterocycles. The minimum absolute atomic E-state index is 0.721. The van der Waals surface area contributed by atoms with E-state index in [1.165, 1.54) is 0 Å². The Morgan fingerprint density at radius 2 is 2.31 bits per heavy atom. The number of ether oxygens (including phenoxy) is 1. The summed E-state index contributed by atoms with van der Waals surface area (Å²) in [6, 6.07) is 0. The lowest BCUT2D eigenvalue weighted by Crippen LogP contribution is -2.43. The quantitative estimate of drug-likeness (QED) is 0.206. The minimum Gasteiger partial charge on any atom is -0.385 e. The lowest BCUT2D eigenvalue weighted by atomic mass is 10.4. The fraction of sp³-hybridized carbons (Fsp3) is 0.875. The first-order valence-corrected chi connectivity index (χ1v) is 4.47. The maximum absolute atomic E-state index is 5.31. The molecular formula is C8H20N4O. The third kappa shape index (κ3) is 5.43. The molecule has 0 bridgehead atoms. The predicted octanol–water partition coefficient (Wildman–Crippen LogP) is -0.206. The maximum atomic E-state index is 5.31. The Morgan fingerprint density at radius 1 is 1.62 bits per heavy atom. The number of hydrazine groups is 1. The van der Waals surface area contributed by atoms with Crippen LogP contribution >= 0.6 is 0 Å². The van der Waals surface area contributed by atoms with Crippen LogP contribution in [-0.2, 0) is 4.74 Å². The Labute approximate surface area is 79.9 Å². The molecule has 0 saturated heterocycles. The standard InChI is InChI=1S/C8H20N4O/c1-4-10-8(11-9)12(2)6-5-7-13-3/h4-7,9H2,1-3H3,(H,10,11). The molecule has 0 spiro atoms. The Bertz CT molecular complexity index is 149. The van der Waals surface area contributed by atoms with Gasteiger partial charge in [0.1, 0.15) is 0 Å². The van der Waals surface area contributed by atoms with Crippen molar-refractivity contribution in [2.75, 3.05) is 33.9 Å². The molecule has 0 aliphatic rings. The third-order valence-corrected chi connectivity index (χ3v) is 1.64. The highest BCUT2D eigenvalue weighted by atomic mass is 16.5. The predicted molar refractivity (Wildman–Crippen MR) is 54.4 cm³/mol. The third-order valence-electron chi connectivity index (χ3n) is 1.64. The van der Waals surface area contributed by atoms with E-state index in [-0.39, 0.29) is 0 Å². The summed E-state index contributed by atoms with van der Waals surface area (Å²) in [7, 11) is 3.65. The van der Waals surface area contributed by atoms with Crippen LogP contribution in [0.4, 0.5) is 0 Å². The molecule has 0 fully saturated rings. The second-order valence-electron chi connectivity index (χ2n) is 2.71. The van der Waals surface area contributed by atoms with E-state index in [4.69, 9.17) is 10.6 Å². The lowest BCUT2D eigenvalue weighted by molar-refractivity contribution is 0.188. The second kappa shape index (κ2) is 7.82. The summed E-state index contributed by atoms with van der Waals surface area (Å²) in [5.74, 6) is 6.03. The maximum Gasteiger partial charge on any atom is 0.208 e. The van der Waals surface area contributed by atoms with Crippen molar-refractivity contribution in [1.29, 1.82) is 0 Å². The summed E-state index contributed by atoms with van der Waals surface area (Å²) in [5.41, 5.74) is 2.56. The van der Waals surface area contributed by atoms with E-state index in [0.29, 0.717) is 0 Å². The van der Waals surface area contributed by atoms with Crippen molar-refractivity contribution >= 4 is 5.96 Å². The summed E-state index contributed by atoms with van der Waals surface area (Å²) in [5, 5.41) is 0. The molecule has 0 radical (unpaired) electrons. The Morgan fingerprint density at radius 3 is 2.77 bits per heavy atom. The van der Waals surface area contributed by atoms with E-state index in [9.17, 15) is 0 Å². The smallest absolute Gasteiger partial charge is 0.208 e.